The lowest BCUT2D eigenvalue weighted by Crippen LogP contribution is -2.25. The van der Waals surface area contributed by atoms with Gasteiger partial charge in [0.15, 0.2) is 5.57 Å². The Morgan fingerprint density at radius 1 is 1.04 bits per heavy atom. The van der Waals surface area contributed by atoms with Gasteiger partial charge in [-0.3, -0.25) is 4.79 Å². The number of rotatable bonds is 6. The van der Waals surface area contributed by atoms with Crippen LogP contribution in [0, 0.1) is 6.92 Å². The van der Waals surface area contributed by atoms with E-state index in [0.717, 1.165) is 5.56 Å². The molecule has 0 unspecified atom stereocenters. The van der Waals surface area contributed by atoms with Crippen molar-refractivity contribution in [2.24, 2.45) is 0 Å². The van der Waals surface area contributed by atoms with E-state index in [9.17, 15) is 19.5 Å². The molecule has 0 saturated carbocycles. The second-order valence-corrected chi connectivity index (χ2v) is 5.79. The Balaban J connectivity index is 3.36. The Labute approximate surface area is 133 Å². The quantitative estimate of drug-likeness (QED) is 0.157. The summed E-state index contributed by atoms with van der Waals surface area (Å²) >= 11 is 0. The molecule has 0 aromatic heterocycles. The Morgan fingerprint density at radius 2 is 1.65 bits per heavy atom. The fraction of sp³-hybridized carbons (Fsp3) is 0.312. The van der Waals surface area contributed by atoms with Crippen molar-refractivity contribution in [1.29, 1.82) is 0 Å². The number of carboxylic acids is 2. The van der Waals surface area contributed by atoms with Gasteiger partial charge in [-0.05, 0) is 33.8 Å². The van der Waals surface area contributed by atoms with Gasteiger partial charge in [0, 0.05) is 5.56 Å². The maximum Gasteiger partial charge on any atom is 0.376 e. The molecule has 0 aliphatic carbocycles. The van der Waals surface area contributed by atoms with Crippen LogP contribution in [0.15, 0.2) is 35.6 Å². The van der Waals surface area contributed by atoms with E-state index in [1.807, 2.05) is 0 Å². The lowest BCUT2D eigenvalue weighted by atomic mass is 10.0. The first-order valence-electron chi connectivity index (χ1n) is 6.71. The van der Waals surface area contributed by atoms with Gasteiger partial charge in [0.05, 0.1) is 0 Å². The molecule has 0 heterocycles. The Hall–Kier alpha value is -2.67. The molecule has 0 spiro atoms. The van der Waals surface area contributed by atoms with Gasteiger partial charge in [0.25, 0.3) is 5.76 Å². The smallest absolute Gasteiger partial charge is 0.376 e. The molecule has 0 aliphatic heterocycles. The van der Waals surface area contributed by atoms with Crippen LogP contribution in [0.5, 0.6) is 0 Å². The van der Waals surface area contributed by atoms with Gasteiger partial charge in [0.1, 0.15) is 5.60 Å². The van der Waals surface area contributed by atoms with Crippen molar-refractivity contribution < 1.29 is 34.4 Å². The average molecular weight is 322 g/mol. The molecule has 7 heteroatoms. The number of aliphatic carboxylic acids is 2. The van der Waals surface area contributed by atoms with Crippen LogP contribution in [0.3, 0.4) is 0 Å². The first kappa shape index (κ1) is 18.4. The summed E-state index contributed by atoms with van der Waals surface area (Å²) in [5.41, 5.74) is -1.13. The number of benzene rings is 1. The molecule has 0 fully saturated rings. The maximum atomic E-state index is 12.4. The van der Waals surface area contributed by atoms with Crippen LogP contribution in [-0.2, 0) is 19.4 Å². The van der Waals surface area contributed by atoms with Crippen LogP contribution in [0.2, 0.25) is 0 Å². The lowest BCUT2D eigenvalue weighted by Gasteiger charge is -2.18. The van der Waals surface area contributed by atoms with E-state index in [1.54, 1.807) is 39.8 Å². The standard InChI is InChI=1S/C16H18O7/c1-9-6-5-7-10(8-9)12(17)11(14(18)19)13(15(20)21)22-23-16(2,3)4/h5-8H,1-4H3,(H,18,19)(H,20,21). The monoisotopic (exact) mass is 322 g/mol. The fourth-order valence-corrected chi connectivity index (χ4v) is 1.58. The van der Waals surface area contributed by atoms with Crippen LogP contribution in [-0.4, -0.2) is 33.5 Å². The zero-order valence-corrected chi connectivity index (χ0v) is 13.2. The number of hydrogen-bond donors (Lipinski definition) is 2. The third-order valence-electron chi connectivity index (χ3n) is 2.52. The first-order valence-corrected chi connectivity index (χ1v) is 6.71. The van der Waals surface area contributed by atoms with Crippen molar-refractivity contribution in [3.63, 3.8) is 0 Å². The summed E-state index contributed by atoms with van der Waals surface area (Å²) in [6.45, 7) is 6.46. The molecule has 0 amide bonds. The second kappa shape index (κ2) is 7.06. The number of Topliss-reactive ketones (excluding diaryl/α,β-unsaturated/α-hetero) is 1. The first-order chi connectivity index (χ1) is 10.5. The molecule has 1 aromatic carbocycles. The van der Waals surface area contributed by atoms with Crippen LogP contribution >= 0.6 is 0 Å². The predicted octanol–water partition coefficient (Wildman–Crippen LogP) is 2.35. The Kier molecular flexibility index (Phi) is 5.64. The molecule has 7 nitrogen and oxygen atoms in total. The number of carbonyl (C=O) groups excluding carboxylic acids is 1. The molecule has 0 aliphatic rings. The van der Waals surface area contributed by atoms with E-state index in [2.05, 4.69) is 4.89 Å². The zero-order valence-electron chi connectivity index (χ0n) is 13.2. The van der Waals surface area contributed by atoms with E-state index in [4.69, 9.17) is 9.99 Å². The molecule has 1 rings (SSSR count). The third kappa shape index (κ3) is 5.23. The molecular weight excluding hydrogens is 304 g/mol. The van der Waals surface area contributed by atoms with Crippen molar-refractivity contribution in [2.45, 2.75) is 33.3 Å². The van der Waals surface area contributed by atoms with Crippen LogP contribution < -0.4 is 0 Å². The minimum atomic E-state index is -1.72. The Bertz CT molecular complexity index is 665. The van der Waals surface area contributed by atoms with Crippen molar-refractivity contribution in [3.8, 4) is 0 Å². The van der Waals surface area contributed by atoms with Crippen molar-refractivity contribution >= 4 is 17.7 Å². The highest BCUT2D eigenvalue weighted by atomic mass is 17.2. The average Bonchev–Trinajstić information content (AvgIpc) is 2.40. The summed E-state index contributed by atoms with van der Waals surface area (Å²) in [6.07, 6.45) is 0. The molecule has 2 N–H and O–H groups in total. The van der Waals surface area contributed by atoms with Crippen molar-refractivity contribution in [2.75, 3.05) is 0 Å². The highest BCUT2D eigenvalue weighted by Gasteiger charge is 2.31. The highest BCUT2D eigenvalue weighted by Crippen LogP contribution is 2.19. The predicted molar refractivity (Wildman–Crippen MR) is 79.7 cm³/mol. The summed E-state index contributed by atoms with van der Waals surface area (Å²) in [5, 5.41) is 18.4. The molecule has 0 radical (unpaired) electrons. The van der Waals surface area contributed by atoms with Gasteiger partial charge in [0.2, 0.25) is 5.78 Å². The topological polar surface area (TPSA) is 110 Å². The summed E-state index contributed by atoms with van der Waals surface area (Å²) in [5.74, 6) is -5.48. The maximum absolute atomic E-state index is 12.4. The molecule has 124 valence electrons. The molecule has 0 saturated heterocycles. The van der Waals surface area contributed by atoms with Crippen LogP contribution in [0.1, 0.15) is 36.7 Å². The fourth-order valence-electron chi connectivity index (χ4n) is 1.58. The van der Waals surface area contributed by atoms with Gasteiger partial charge in [-0.15, -0.1) is 0 Å². The minimum absolute atomic E-state index is 0.0421. The van der Waals surface area contributed by atoms with E-state index in [-0.39, 0.29) is 5.56 Å². The lowest BCUT2D eigenvalue weighted by molar-refractivity contribution is -0.320. The number of hydrogen-bond acceptors (Lipinski definition) is 5. The number of carboxylic acid groups (broad SMARTS) is 2. The van der Waals surface area contributed by atoms with Gasteiger partial charge in [-0.1, -0.05) is 23.8 Å². The summed E-state index contributed by atoms with van der Waals surface area (Å²) < 4.78 is 0. The third-order valence-corrected chi connectivity index (χ3v) is 2.52. The van der Waals surface area contributed by atoms with E-state index >= 15 is 0 Å². The van der Waals surface area contributed by atoms with Crippen LogP contribution in [0.25, 0.3) is 0 Å². The van der Waals surface area contributed by atoms with Gasteiger partial charge >= 0.3 is 11.9 Å². The molecule has 0 bridgehead atoms. The number of ketones is 1. The normalized spacial score (nSPS) is 12.3. The SMILES string of the molecule is Cc1cccc(C(=O)C(C(=O)O)=C(OOC(C)(C)C)C(=O)O)c1. The van der Waals surface area contributed by atoms with E-state index in [1.165, 1.54) is 12.1 Å². The van der Waals surface area contributed by atoms with Gasteiger partial charge in [-0.2, -0.15) is 4.89 Å². The molecule has 23 heavy (non-hydrogen) atoms. The second-order valence-electron chi connectivity index (χ2n) is 5.79. The summed E-state index contributed by atoms with van der Waals surface area (Å²) in [7, 11) is 0. The van der Waals surface area contributed by atoms with Gasteiger partial charge < -0.3 is 15.1 Å². The number of carbonyl (C=O) groups is 3. The molecule has 0 atom stereocenters. The highest BCUT2D eigenvalue weighted by molar-refractivity contribution is 6.26. The van der Waals surface area contributed by atoms with Crippen molar-refractivity contribution in [3.05, 3.63) is 46.7 Å². The van der Waals surface area contributed by atoms with E-state index < -0.39 is 34.7 Å². The minimum Gasteiger partial charge on any atom is -0.477 e. The largest absolute Gasteiger partial charge is 0.477 e. The Morgan fingerprint density at radius 3 is 2.09 bits per heavy atom. The summed E-state index contributed by atoms with van der Waals surface area (Å²) in [6, 6.07) is 6.13. The van der Waals surface area contributed by atoms with E-state index in [0.29, 0.717) is 0 Å². The van der Waals surface area contributed by atoms with Crippen LogP contribution in [0.4, 0.5) is 0 Å². The van der Waals surface area contributed by atoms with Crippen molar-refractivity contribution in [1.82, 2.24) is 0 Å². The molecular formula is C16H18O7. The summed E-state index contributed by atoms with van der Waals surface area (Å²) in [4.78, 5) is 44.5. The number of aryl methyl sites for hydroxylation is 1. The molecule has 1 aromatic rings. The zero-order chi connectivity index (χ0) is 17.8. The van der Waals surface area contributed by atoms with Gasteiger partial charge in [-0.25, -0.2) is 9.59 Å².